The maximum Gasteiger partial charge on any atom is 0.490 e. The van der Waals surface area contributed by atoms with Crippen molar-refractivity contribution in [3.63, 3.8) is 0 Å². The summed E-state index contributed by atoms with van der Waals surface area (Å²) >= 11 is 5.73. The van der Waals surface area contributed by atoms with E-state index in [-0.39, 0.29) is 22.5 Å². The van der Waals surface area contributed by atoms with E-state index in [9.17, 15) is 18.0 Å². The van der Waals surface area contributed by atoms with Crippen molar-refractivity contribution in [3.8, 4) is 0 Å². The van der Waals surface area contributed by atoms with Crippen LogP contribution in [0.5, 0.6) is 0 Å². The van der Waals surface area contributed by atoms with Crippen molar-refractivity contribution in [2.24, 2.45) is 5.73 Å². The summed E-state index contributed by atoms with van der Waals surface area (Å²) in [5.74, 6) is -3.21. The molecule has 1 aromatic heterocycles. The lowest BCUT2D eigenvalue weighted by Crippen LogP contribution is -2.34. The Bertz CT molecular complexity index is 662. The molecular weight excluding hydrogens is 407 g/mol. The number of nitrogens with one attached hydrogen (secondary N) is 1. The van der Waals surface area contributed by atoms with E-state index in [4.69, 9.17) is 38.7 Å². The number of nitrogens with zero attached hydrogens (tertiary/aromatic N) is 3. The number of carbonyl (C=O) groups is 2. The number of carboxylic acids is 1. The van der Waals surface area contributed by atoms with Gasteiger partial charge in [-0.3, -0.25) is 4.79 Å². The summed E-state index contributed by atoms with van der Waals surface area (Å²) in [5, 5.41) is 9.81. The fourth-order valence-corrected chi connectivity index (χ4v) is 1.82. The lowest BCUT2D eigenvalue weighted by Gasteiger charge is -2.16. The first-order valence-corrected chi connectivity index (χ1v) is 8.33. The van der Waals surface area contributed by atoms with Crippen LogP contribution in [-0.2, 0) is 4.79 Å². The Morgan fingerprint density at radius 1 is 1.18 bits per heavy atom. The number of hydrogen-bond acceptors (Lipinski definition) is 8. The first-order chi connectivity index (χ1) is 12.9. The third-order valence-electron chi connectivity index (χ3n) is 3.14. The van der Waals surface area contributed by atoms with Gasteiger partial charge < -0.3 is 32.5 Å². The molecule has 0 bridgehead atoms. The number of likely N-dealkylation sites (N-methyl/N-ethyl adjacent to an activating group) is 1. The minimum absolute atomic E-state index is 0.00496. The predicted molar refractivity (Wildman–Crippen MR) is 97.7 cm³/mol. The van der Waals surface area contributed by atoms with Gasteiger partial charge in [0.05, 0.1) is 0 Å². The highest BCUT2D eigenvalue weighted by molar-refractivity contribution is 6.31. The summed E-state index contributed by atoms with van der Waals surface area (Å²) < 4.78 is 31.7. The van der Waals surface area contributed by atoms with Crippen LogP contribution in [0, 0.1) is 0 Å². The van der Waals surface area contributed by atoms with E-state index in [1.807, 2.05) is 7.05 Å². The molecule has 1 aromatic rings. The summed E-state index contributed by atoms with van der Waals surface area (Å²) in [6, 6.07) is 0. The van der Waals surface area contributed by atoms with Crippen molar-refractivity contribution in [1.82, 2.24) is 20.2 Å². The Kier molecular flexibility index (Phi) is 11.1. The van der Waals surface area contributed by atoms with E-state index in [0.29, 0.717) is 19.6 Å². The van der Waals surface area contributed by atoms with E-state index in [1.165, 1.54) is 0 Å². The number of aliphatic carboxylic acids is 1. The van der Waals surface area contributed by atoms with Crippen LogP contribution in [0.25, 0.3) is 0 Å². The molecule has 0 radical (unpaired) electrons. The van der Waals surface area contributed by atoms with E-state index in [0.717, 1.165) is 19.4 Å². The van der Waals surface area contributed by atoms with Gasteiger partial charge in [0.15, 0.2) is 22.5 Å². The molecule has 0 fully saturated rings. The molecule has 28 heavy (non-hydrogen) atoms. The van der Waals surface area contributed by atoms with Crippen LogP contribution in [0.3, 0.4) is 0 Å². The summed E-state index contributed by atoms with van der Waals surface area (Å²) in [6.07, 6.45) is -3.06. The highest BCUT2D eigenvalue weighted by Crippen LogP contribution is 2.17. The van der Waals surface area contributed by atoms with Gasteiger partial charge in [-0.15, -0.1) is 0 Å². The number of amides is 1. The van der Waals surface area contributed by atoms with Gasteiger partial charge in [-0.05, 0) is 33.0 Å². The molecule has 0 saturated carbocycles. The number of carboxylic acid groups (broad SMARTS) is 1. The van der Waals surface area contributed by atoms with E-state index in [2.05, 4.69) is 20.2 Å². The zero-order valence-corrected chi connectivity index (χ0v) is 15.8. The maximum atomic E-state index is 11.9. The molecule has 0 aliphatic rings. The molecule has 0 aliphatic heterocycles. The van der Waals surface area contributed by atoms with Crippen molar-refractivity contribution in [2.75, 3.05) is 44.7 Å². The topological polar surface area (TPSA) is 173 Å². The van der Waals surface area contributed by atoms with Crippen molar-refractivity contribution in [3.05, 3.63) is 10.8 Å². The Morgan fingerprint density at radius 2 is 1.75 bits per heavy atom. The van der Waals surface area contributed by atoms with Crippen molar-refractivity contribution in [1.29, 1.82) is 0 Å². The molecule has 0 aliphatic carbocycles. The van der Waals surface area contributed by atoms with E-state index in [1.54, 1.807) is 0 Å². The molecule has 0 saturated heterocycles. The van der Waals surface area contributed by atoms with Crippen LogP contribution in [0.1, 0.15) is 23.3 Å². The van der Waals surface area contributed by atoms with Crippen LogP contribution >= 0.6 is 11.6 Å². The van der Waals surface area contributed by atoms with Crippen LogP contribution in [0.15, 0.2) is 0 Å². The van der Waals surface area contributed by atoms with Crippen LogP contribution in [0.2, 0.25) is 5.15 Å². The molecule has 0 aromatic carbocycles. The van der Waals surface area contributed by atoms with Crippen molar-refractivity contribution >= 4 is 35.1 Å². The van der Waals surface area contributed by atoms with Gasteiger partial charge in [0.25, 0.3) is 5.91 Å². The fourth-order valence-electron chi connectivity index (χ4n) is 1.69. The number of nitrogens with two attached hydrogens (primary N) is 3. The van der Waals surface area contributed by atoms with Gasteiger partial charge in [-0.2, -0.15) is 13.2 Å². The fraction of sp³-hybridized carbons (Fsp3) is 0.571. The summed E-state index contributed by atoms with van der Waals surface area (Å²) in [4.78, 5) is 30.6. The monoisotopic (exact) mass is 429 g/mol. The van der Waals surface area contributed by atoms with E-state index < -0.39 is 18.1 Å². The van der Waals surface area contributed by atoms with Gasteiger partial charge in [0.1, 0.15) is 0 Å². The van der Waals surface area contributed by atoms with Crippen LogP contribution in [-0.4, -0.2) is 71.3 Å². The number of anilines is 2. The second kappa shape index (κ2) is 12.2. The third kappa shape index (κ3) is 10.1. The number of hydrogen-bond donors (Lipinski definition) is 5. The summed E-state index contributed by atoms with van der Waals surface area (Å²) in [7, 11) is 1.98. The highest BCUT2D eigenvalue weighted by atomic mass is 35.5. The van der Waals surface area contributed by atoms with Crippen molar-refractivity contribution < 1.29 is 27.9 Å². The minimum atomic E-state index is -5.08. The molecule has 1 amide bonds. The molecule has 0 unspecified atom stereocenters. The molecule has 160 valence electrons. The summed E-state index contributed by atoms with van der Waals surface area (Å²) in [5.41, 5.74) is 16.5. The lowest BCUT2D eigenvalue weighted by molar-refractivity contribution is -0.192. The van der Waals surface area contributed by atoms with Crippen LogP contribution < -0.4 is 22.5 Å². The quantitative estimate of drug-likeness (QED) is 0.365. The second-order valence-corrected chi connectivity index (χ2v) is 5.85. The standard InChI is InChI=1S/C12H22ClN7O.C2HF3O2/c1-20(6-3-2-4-14)7-5-17-12(21)8-10(15)19-11(16)9(13)18-8;3-2(4,5)1(6)7/h2-7,14H2,1H3,(H,17,21)(H4,15,16,19);(H,6,7). The molecule has 8 N–H and O–H groups in total. The zero-order chi connectivity index (χ0) is 21.9. The summed E-state index contributed by atoms with van der Waals surface area (Å²) in [6.45, 7) is 2.82. The molecule has 14 heteroatoms. The highest BCUT2D eigenvalue weighted by Gasteiger charge is 2.38. The number of alkyl halides is 3. The number of aromatic nitrogens is 2. The molecule has 0 atom stereocenters. The van der Waals surface area contributed by atoms with Gasteiger partial charge in [0.2, 0.25) is 0 Å². The van der Waals surface area contributed by atoms with Gasteiger partial charge in [0, 0.05) is 13.1 Å². The SMILES string of the molecule is CN(CCCCN)CCNC(=O)c1nc(Cl)c(N)nc1N.O=C(O)C(F)(F)F. The number of nitrogen functional groups attached to an aromatic ring is 2. The van der Waals surface area contributed by atoms with Gasteiger partial charge in [-0.1, -0.05) is 11.6 Å². The average Bonchev–Trinajstić information content (AvgIpc) is 2.58. The third-order valence-corrected chi connectivity index (χ3v) is 3.41. The Labute approximate surface area is 164 Å². The van der Waals surface area contributed by atoms with Crippen LogP contribution in [0.4, 0.5) is 24.8 Å². The van der Waals surface area contributed by atoms with Gasteiger partial charge in [-0.25, -0.2) is 14.8 Å². The number of rotatable bonds is 8. The Hall–Kier alpha value is -2.38. The largest absolute Gasteiger partial charge is 0.490 e. The molecular formula is C14H23ClF3N7O3. The minimum Gasteiger partial charge on any atom is -0.475 e. The zero-order valence-electron chi connectivity index (χ0n) is 15.1. The second-order valence-electron chi connectivity index (χ2n) is 5.49. The predicted octanol–water partition coefficient (Wildman–Crippen LogP) is 0.328. The maximum absolute atomic E-state index is 11.9. The number of halogens is 4. The Morgan fingerprint density at radius 3 is 2.25 bits per heavy atom. The smallest absolute Gasteiger partial charge is 0.475 e. The molecule has 1 heterocycles. The first-order valence-electron chi connectivity index (χ1n) is 7.95. The molecule has 1 rings (SSSR count). The Balaban J connectivity index is 0.000000887. The lowest BCUT2D eigenvalue weighted by atomic mass is 10.3. The molecule has 0 spiro atoms. The van der Waals surface area contributed by atoms with Gasteiger partial charge >= 0.3 is 12.1 Å². The van der Waals surface area contributed by atoms with Crippen molar-refractivity contribution in [2.45, 2.75) is 19.0 Å². The normalized spacial score (nSPS) is 11.0. The number of unbranched alkanes of at least 4 members (excludes halogenated alkanes) is 1. The molecule has 10 nitrogen and oxygen atoms in total. The van der Waals surface area contributed by atoms with E-state index >= 15 is 0 Å². The average molecular weight is 430 g/mol. The first kappa shape index (κ1) is 25.6. The number of carbonyl (C=O) groups excluding carboxylic acids is 1.